The second-order valence-corrected chi connectivity index (χ2v) is 7.57. The quantitative estimate of drug-likeness (QED) is 0.269. The van der Waals surface area contributed by atoms with E-state index in [2.05, 4.69) is 30.9 Å². The Kier molecular flexibility index (Phi) is 7.37. The van der Waals surface area contributed by atoms with Crippen LogP contribution in [0.3, 0.4) is 0 Å². The molecule has 178 valence electrons. The van der Waals surface area contributed by atoms with Gasteiger partial charge in [-0.15, -0.1) is 0 Å². The van der Waals surface area contributed by atoms with Gasteiger partial charge in [-0.25, -0.2) is 4.79 Å². The minimum absolute atomic E-state index is 0.324. The molecule has 0 aliphatic rings. The lowest BCUT2D eigenvalue weighted by molar-refractivity contribution is 0.0526. The van der Waals surface area contributed by atoms with Gasteiger partial charge in [0, 0.05) is 17.1 Å². The summed E-state index contributed by atoms with van der Waals surface area (Å²) in [5.74, 6) is 1.43. The van der Waals surface area contributed by atoms with E-state index >= 15 is 0 Å². The number of rotatable bonds is 9. The van der Waals surface area contributed by atoms with Crippen LogP contribution in [-0.2, 0) is 4.74 Å². The third kappa shape index (κ3) is 6.44. The molecule has 0 atom stereocenters. The van der Waals surface area contributed by atoms with Crippen molar-refractivity contribution in [2.24, 2.45) is 0 Å². The van der Waals surface area contributed by atoms with Crippen molar-refractivity contribution in [3.63, 3.8) is 0 Å². The zero-order valence-electron chi connectivity index (χ0n) is 19.7. The lowest BCUT2D eigenvalue weighted by Gasteiger charge is -2.12. The number of methoxy groups -OCH3 is 1. The minimum Gasteiger partial charge on any atom is -0.497 e. The second-order valence-electron chi connectivity index (χ2n) is 7.57. The van der Waals surface area contributed by atoms with Crippen LogP contribution in [-0.4, -0.2) is 34.6 Å². The van der Waals surface area contributed by atoms with Gasteiger partial charge in [-0.05, 0) is 74.5 Å². The summed E-state index contributed by atoms with van der Waals surface area (Å²) >= 11 is 0. The first-order valence-electron chi connectivity index (χ1n) is 11.1. The lowest BCUT2D eigenvalue weighted by Crippen LogP contribution is -2.08. The summed E-state index contributed by atoms with van der Waals surface area (Å²) in [4.78, 5) is 25.4. The highest BCUT2D eigenvalue weighted by atomic mass is 16.5. The Bertz CT molecular complexity index is 1280. The monoisotopic (exact) mass is 470 g/mol. The molecule has 0 saturated carbocycles. The Morgan fingerprint density at radius 1 is 0.714 bits per heavy atom. The number of carbonyl (C=O) groups excluding carboxylic acids is 1. The average molecular weight is 471 g/mol. The predicted molar refractivity (Wildman–Crippen MR) is 136 cm³/mol. The maximum Gasteiger partial charge on any atom is 0.338 e. The van der Waals surface area contributed by atoms with E-state index in [1.165, 1.54) is 0 Å². The van der Waals surface area contributed by atoms with Gasteiger partial charge in [0.05, 0.1) is 19.3 Å². The molecule has 0 aliphatic carbocycles. The van der Waals surface area contributed by atoms with Crippen molar-refractivity contribution in [1.82, 2.24) is 15.0 Å². The van der Waals surface area contributed by atoms with Crippen LogP contribution < -0.4 is 20.7 Å². The van der Waals surface area contributed by atoms with Gasteiger partial charge >= 0.3 is 5.97 Å². The highest BCUT2D eigenvalue weighted by molar-refractivity contribution is 5.89. The maximum absolute atomic E-state index is 11.9. The highest BCUT2D eigenvalue weighted by Crippen LogP contribution is 2.23. The van der Waals surface area contributed by atoms with Gasteiger partial charge < -0.3 is 25.4 Å². The Labute approximate surface area is 203 Å². The number of hydrogen-bond donors (Lipinski definition) is 3. The molecule has 0 bridgehead atoms. The Hall–Kier alpha value is -4.66. The Balaban J connectivity index is 1.59. The van der Waals surface area contributed by atoms with E-state index in [-0.39, 0.29) is 5.97 Å². The standard InChI is InChI=1S/C26H26N6O3/c1-4-35-23(33)18-7-11-20(12-8-18)28-25-30-24(27-19-9-5-17(2)6-10-19)31-26(32-25)29-21-13-15-22(34-3)16-14-21/h5-16H,4H2,1-3H3,(H3,27,28,29,30,31,32). The minimum atomic E-state index is -0.366. The van der Waals surface area contributed by atoms with Crippen LogP contribution in [0.4, 0.5) is 34.9 Å². The van der Waals surface area contributed by atoms with Crippen LogP contribution in [0.5, 0.6) is 5.75 Å². The third-order valence-electron chi connectivity index (χ3n) is 4.94. The molecule has 0 unspecified atom stereocenters. The molecule has 35 heavy (non-hydrogen) atoms. The molecule has 0 radical (unpaired) electrons. The predicted octanol–water partition coefficient (Wildman–Crippen LogP) is 5.60. The number of benzene rings is 3. The number of esters is 1. The zero-order valence-corrected chi connectivity index (χ0v) is 19.7. The van der Waals surface area contributed by atoms with Gasteiger partial charge in [-0.1, -0.05) is 17.7 Å². The van der Waals surface area contributed by atoms with E-state index in [1.807, 2.05) is 55.5 Å². The van der Waals surface area contributed by atoms with E-state index in [0.717, 1.165) is 22.7 Å². The van der Waals surface area contributed by atoms with Crippen molar-refractivity contribution in [3.05, 3.63) is 83.9 Å². The molecule has 0 fully saturated rings. The van der Waals surface area contributed by atoms with Gasteiger partial charge in [-0.3, -0.25) is 0 Å². The summed E-state index contributed by atoms with van der Waals surface area (Å²) in [6.07, 6.45) is 0. The van der Waals surface area contributed by atoms with Crippen molar-refractivity contribution in [3.8, 4) is 5.75 Å². The van der Waals surface area contributed by atoms with Crippen LogP contribution in [0.1, 0.15) is 22.8 Å². The molecule has 0 aliphatic heterocycles. The summed E-state index contributed by atoms with van der Waals surface area (Å²) in [6, 6.07) is 22.3. The van der Waals surface area contributed by atoms with Crippen LogP contribution >= 0.6 is 0 Å². The van der Waals surface area contributed by atoms with E-state index < -0.39 is 0 Å². The number of aryl methyl sites for hydroxylation is 1. The Morgan fingerprint density at radius 2 is 1.14 bits per heavy atom. The van der Waals surface area contributed by atoms with Crippen molar-refractivity contribution >= 4 is 40.9 Å². The summed E-state index contributed by atoms with van der Waals surface area (Å²) in [5, 5.41) is 9.58. The number of ether oxygens (including phenoxy) is 2. The third-order valence-corrected chi connectivity index (χ3v) is 4.94. The lowest BCUT2D eigenvalue weighted by atomic mass is 10.2. The first-order valence-corrected chi connectivity index (χ1v) is 11.1. The molecular weight excluding hydrogens is 444 g/mol. The molecule has 1 heterocycles. The molecule has 0 spiro atoms. The van der Waals surface area contributed by atoms with Crippen LogP contribution in [0.25, 0.3) is 0 Å². The average Bonchev–Trinajstić information content (AvgIpc) is 2.86. The van der Waals surface area contributed by atoms with Crippen molar-refractivity contribution in [1.29, 1.82) is 0 Å². The van der Waals surface area contributed by atoms with Crippen LogP contribution in [0.15, 0.2) is 72.8 Å². The molecule has 3 N–H and O–H groups in total. The van der Waals surface area contributed by atoms with Crippen molar-refractivity contribution in [2.75, 3.05) is 29.7 Å². The number of anilines is 6. The molecule has 0 amide bonds. The summed E-state index contributed by atoms with van der Waals surface area (Å²) in [5.41, 5.74) is 3.98. The van der Waals surface area contributed by atoms with Gasteiger partial charge in [0.15, 0.2) is 0 Å². The van der Waals surface area contributed by atoms with Gasteiger partial charge in [0.1, 0.15) is 5.75 Å². The molecule has 9 nitrogen and oxygen atoms in total. The number of nitrogens with one attached hydrogen (secondary N) is 3. The van der Waals surface area contributed by atoms with Gasteiger partial charge in [0.25, 0.3) is 0 Å². The molecular formula is C26H26N6O3. The number of nitrogens with zero attached hydrogens (tertiary/aromatic N) is 3. The summed E-state index contributed by atoms with van der Waals surface area (Å²) in [6.45, 7) is 4.12. The molecule has 3 aromatic carbocycles. The smallest absolute Gasteiger partial charge is 0.338 e. The summed E-state index contributed by atoms with van der Waals surface area (Å²) in [7, 11) is 1.62. The number of carbonyl (C=O) groups is 1. The van der Waals surface area contributed by atoms with E-state index in [4.69, 9.17) is 9.47 Å². The van der Waals surface area contributed by atoms with Gasteiger partial charge in [0.2, 0.25) is 17.8 Å². The molecule has 9 heteroatoms. The van der Waals surface area contributed by atoms with Crippen molar-refractivity contribution in [2.45, 2.75) is 13.8 Å². The van der Waals surface area contributed by atoms with Crippen molar-refractivity contribution < 1.29 is 14.3 Å². The fourth-order valence-corrected chi connectivity index (χ4v) is 3.15. The summed E-state index contributed by atoms with van der Waals surface area (Å²) < 4.78 is 10.3. The first-order chi connectivity index (χ1) is 17.0. The van der Waals surface area contributed by atoms with Crippen LogP contribution in [0, 0.1) is 6.92 Å². The van der Waals surface area contributed by atoms with Crippen LogP contribution in [0.2, 0.25) is 0 Å². The Morgan fingerprint density at radius 3 is 1.57 bits per heavy atom. The molecule has 4 rings (SSSR count). The highest BCUT2D eigenvalue weighted by Gasteiger charge is 2.10. The SMILES string of the molecule is CCOC(=O)c1ccc(Nc2nc(Nc3ccc(C)cc3)nc(Nc3ccc(OC)cc3)n2)cc1. The largest absolute Gasteiger partial charge is 0.497 e. The van der Waals surface area contributed by atoms with E-state index in [0.29, 0.717) is 35.7 Å². The fraction of sp³-hybridized carbons (Fsp3) is 0.154. The number of hydrogen-bond acceptors (Lipinski definition) is 9. The van der Waals surface area contributed by atoms with Gasteiger partial charge in [-0.2, -0.15) is 15.0 Å². The molecule has 0 saturated heterocycles. The fourth-order valence-electron chi connectivity index (χ4n) is 3.15. The first kappa shape index (κ1) is 23.5. The molecule has 4 aromatic rings. The van der Waals surface area contributed by atoms with E-state index in [1.54, 1.807) is 38.3 Å². The number of aromatic nitrogens is 3. The topological polar surface area (TPSA) is 110 Å². The van der Waals surface area contributed by atoms with E-state index in [9.17, 15) is 4.79 Å². The normalized spacial score (nSPS) is 10.4. The second kappa shape index (κ2) is 11.0. The zero-order chi connectivity index (χ0) is 24.6. The molecule has 1 aromatic heterocycles. The maximum atomic E-state index is 11.9.